The molecular weight excluding hydrogens is 838 g/mol. The van der Waals surface area contributed by atoms with Gasteiger partial charge in [-0.3, -0.25) is 4.99 Å². The summed E-state index contributed by atoms with van der Waals surface area (Å²) < 4.78 is 206. The lowest BCUT2D eigenvalue weighted by Crippen LogP contribution is -2.43. The molecular formula is C40H36F14N2O4. The van der Waals surface area contributed by atoms with Gasteiger partial charge in [-0.05, 0) is 91.2 Å². The van der Waals surface area contributed by atoms with Crippen molar-refractivity contribution < 1.29 is 81.8 Å². The standard InChI is InChI=1S/C20H18F7NO2.C20H16F7NO2.H2/c2*1-11(13-8-14(19(22,23)24)10-15(9-13)20(25,26)27)30-18-17(28-6-7-29-18)12-2-4-16(21)5-3-12;/h2-5,8-11,17-18,28H,6-7H2,1H3;2-5,8-11,18H,6-7H2,1H3;1H/t11-,17-,18?;11-,18?;/m11./s1. The number of nitrogens with zero attached hydrogens (tertiary/aromatic N) is 1. The van der Waals surface area contributed by atoms with E-state index in [9.17, 15) is 61.5 Å². The Balaban J connectivity index is 0.000000264. The number of hydrogen-bond acceptors (Lipinski definition) is 6. The number of halogens is 14. The largest absolute Gasteiger partial charge is 0.416 e. The summed E-state index contributed by atoms with van der Waals surface area (Å²) in [5, 5.41) is 3.10. The van der Waals surface area contributed by atoms with E-state index in [1.165, 1.54) is 62.4 Å². The van der Waals surface area contributed by atoms with Gasteiger partial charge in [0.15, 0.2) is 6.29 Å². The van der Waals surface area contributed by atoms with Crippen molar-refractivity contribution in [2.45, 2.75) is 69.4 Å². The predicted octanol–water partition coefficient (Wildman–Crippen LogP) is 11.7. The van der Waals surface area contributed by atoms with Gasteiger partial charge >= 0.3 is 24.7 Å². The van der Waals surface area contributed by atoms with Gasteiger partial charge in [0, 0.05) is 13.5 Å². The van der Waals surface area contributed by atoms with Crippen LogP contribution in [0.5, 0.6) is 0 Å². The highest BCUT2D eigenvalue weighted by Crippen LogP contribution is 2.40. The molecule has 6 rings (SSSR count). The van der Waals surface area contributed by atoms with E-state index in [4.69, 9.17) is 18.9 Å². The fourth-order valence-corrected chi connectivity index (χ4v) is 6.05. The molecule has 0 aromatic heterocycles. The second kappa shape index (κ2) is 18.6. The van der Waals surface area contributed by atoms with Crippen LogP contribution in [-0.4, -0.2) is 44.6 Å². The Bertz CT molecular complexity index is 2030. The summed E-state index contributed by atoms with van der Waals surface area (Å²) in [5.74, 6) is -0.935. The first-order valence-electron chi connectivity index (χ1n) is 17.8. The van der Waals surface area contributed by atoms with Gasteiger partial charge in [0.05, 0.1) is 66.0 Å². The van der Waals surface area contributed by atoms with Crippen LogP contribution in [0.15, 0.2) is 89.9 Å². The summed E-state index contributed by atoms with van der Waals surface area (Å²) in [6.45, 7) is 3.76. The summed E-state index contributed by atoms with van der Waals surface area (Å²) in [7, 11) is 0. The molecule has 1 N–H and O–H groups in total. The molecule has 0 saturated carbocycles. The van der Waals surface area contributed by atoms with Crippen LogP contribution in [0.25, 0.3) is 0 Å². The maximum absolute atomic E-state index is 13.2. The van der Waals surface area contributed by atoms with Gasteiger partial charge in [-0.1, -0.05) is 24.3 Å². The number of ether oxygens (including phenoxy) is 4. The number of morpholine rings is 1. The third-order valence-corrected chi connectivity index (χ3v) is 9.08. The lowest BCUT2D eigenvalue weighted by Gasteiger charge is -2.34. The number of hydrogen-bond donors (Lipinski definition) is 1. The summed E-state index contributed by atoms with van der Waals surface area (Å²) in [5.41, 5.74) is -4.95. The fourth-order valence-electron chi connectivity index (χ4n) is 6.05. The van der Waals surface area contributed by atoms with Crippen molar-refractivity contribution >= 4 is 5.71 Å². The summed E-state index contributed by atoms with van der Waals surface area (Å²) in [6.07, 6.45) is -24.3. The zero-order chi connectivity index (χ0) is 44.2. The Morgan fingerprint density at radius 1 is 0.600 bits per heavy atom. The predicted molar refractivity (Wildman–Crippen MR) is 188 cm³/mol. The van der Waals surface area contributed by atoms with E-state index in [1.807, 2.05) is 0 Å². The zero-order valence-corrected chi connectivity index (χ0v) is 31.2. The minimum atomic E-state index is -4.96. The molecule has 4 aromatic rings. The first kappa shape index (κ1) is 46.4. The van der Waals surface area contributed by atoms with E-state index in [-0.39, 0.29) is 50.2 Å². The Kier molecular flexibility index (Phi) is 14.4. The van der Waals surface area contributed by atoms with E-state index in [2.05, 4.69) is 10.3 Å². The average Bonchev–Trinajstić information content (AvgIpc) is 3.17. The number of aliphatic imine (C=N–C) groups is 1. The highest BCUT2D eigenvalue weighted by atomic mass is 19.4. The summed E-state index contributed by atoms with van der Waals surface area (Å²) in [6, 6.07) is 12.7. The number of nitrogens with one attached hydrogen (secondary N) is 1. The summed E-state index contributed by atoms with van der Waals surface area (Å²) >= 11 is 0. The zero-order valence-electron chi connectivity index (χ0n) is 31.2. The monoisotopic (exact) mass is 874 g/mol. The van der Waals surface area contributed by atoms with Crippen LogP contribution in [0.2, 0.25) is 0 Å². The third-order valence-electron chi connectivity index (χ3n) is 9.08. The molecule has 1 fully saturated rings. The smallest absolute Gasteiger partial charge is 0.349 e. The maximum atomic E-state index is 13.2. The lowest BCUT2D eigenvalue weighted by atomic mass is 10.0. The van der Waals surface area contributed by atoms with Gasteiger partial charge in [0.1, 0.15) is 11.6 Å². The molecule has 0 aliphatic carbocycles. The van der Waals surface area contributed by atoms with Crippen molar-refractivity contribution in [2.75, 3.05) is 26.3 Å². The molecule has 0 bridgehead atoms. The number of rotatable bonds is 8. The maximum Gasteiger partial charge on any atom is 0.416 e. The molecule has 20 heteroatoms. The Morgan fingerprint density at radius 3 is 1.48 bits per heavy atom. The number of alkyl halides is 12. The lowest BCUT2D eigenvalue weighted by molar-refractivity contribution is -0.200. The van der Waals surface area contributed by atoms with E-state index in [0.29, 0.717) is 41.9 Å². The molecule has 0 spiro atoms. The van der Waals surface area contributed by atoms with Crippen LogP contribution in [0.3, 0.4) is 0 Å². The Hall–Kier alpha value is -4.63. The van der Waals surface area contributed by atoms with Gasteiger partial charge in [-0.25, -0.2) is 8.78 Å². The van der Waals surface area contributed by atoms with Crippen LogP contribution in [0.1, 0.15) is 78.0 Å². The molecule has 2 aliphatic heterocycles. The van der Waals surface area contributed by atoms with Gasteiger partial charge in [0.2, 0.25) is 6.29 Å². The van der Waals surface area contributed by atoms with Crippen molar-refractivity contribution in [1.82, 2.24) is 5.32 Å². The fraction of sp³-hybridized carbons (Fsp3) is 0.375. The molecule has 60 heavy (non-hydrogen) atoms. The van der Waals surface area contributed by atoms with Crippen LogP contribution >= 0.6 is 0 Å². The van der Waals surface area contributed by atoms with Crippen molar-refractivity contribution in [2.24, 2.45) is 4.99 Å². The number of benzene rings is 4. The molecule has 2 aliphatic rings. The molecule has 4 aromatic carbocycles. The third kappa shape index (κ3) is 12.2. The van der Waals surface area contributed by atoms with Crippen molar-refractivity contribution in [1.29, 1.82) is 0 Å². The first-order chi connectivity index (χ1) is 27.9. The van der Waals surface area contributed by atoms with Crippen LogP contribution in [0.4, 0.5) is 61.5 Å². The minimum absolute atomic E-state index is 0. The molecule has 0 radical (unpaired) electrons. The van der Waals surface area contributed by atoms with Gasteiger partial charge in [-0.15, -0.1) is 0 Å². The highest BCUT2D eigenvalue weighted by molar-refractivity contribution is 6.03. The van der Waals surface area contributed by atoms with Crippen LogP contribution < -0.4 is 5.32 Å². The molecule has 2 heterocycles. The van der Waals surface area contributed by atoms with E-state index >= 15 is 0 Å². The molecule has 328 valence electrons. The van der Waals surface area contributed by atoms with Gasteiger partial charge in [-0.2, -0.15) is 52.7 Å². The van der Waals surface area contributed by atoms with Gasteiger partial charge < -0.3 is 24.3 Å². The van der Waals surface area contributed by atoms with Crippen molar-refractivity contribution in [3.05, 3.63) is 141 Å². The topological polar surface area (TPSA) is 61.3 Å². The molecule has 0 amide bonds. The molecule has 1 saturated heterocycles. The Labute approximate surface area is 334 Å². The highest BCUT2D eigenvalue weighted by Gasteiger charge is 2.40. The first-order valence-corrected chi connectivity index (χ1v) is 17.8. The molecule has 2 unspecified atom stereocenters. The van der Waals surface area contributed by atoms with E-state index in [1.54, 1.807) is 0 Å². The van der Waals surface area contributed by atoms with Crippen LogP contribution in [-0.2, 0) is 43.7 Å². The van der Waals surface area contributed by atoms with E-state index in [0.717, 1.165) is 0 Å². The molecule has 5 atom stereocenters. The SMILES string of the molecule is C[C@@H](OC1OCCN=C1c1ccc(F)cc1)c1cc(C(F)(F)F)cc(C(F)(F)F)c1.C[C@@H](OC1OCCN[C@@H]1c1ccc(F)cc1)c1cc(C(F)(F)F)cc(C(F)(F)F)c1.[HH]. The Morgan fingerprint density at radius 2 is 1.03 bits per heavy atom. The molecule has 6 nitrogen and oxygen atoms in total. The quantitative estimate of drug-likeness (QED) is 0.179. The van der Waals surface area contributed by atoms with Crippen molar-refractivity contribution in [3.63, 3.8) is 0 Å². The minimum Gasteiger partial charge on any atom is -0.349 e. The van der Waals surface area contributed by atoms with E-state index < -0.39 is 89.4 Å². The van der Waals surface area contributed by atoms with Crippen molar-refractivity contribution in [3.8, 4) is 0 Å². The van der Waals surface area contributed by atoms with Crippen LogP contribution in [0, 0.1) is 11.6 Å². The van der Waals surface area contributed by atoms with Gasteiger partial charge in [0.25, 0.3) is 0 Å². The second-order valence-electron chi connectivity index (χ2n) is 13.4. The average molecular weight is 875 g/mol. The second-order valence-corrected chi connectivity index (χ2v) is 13.4. The normalized spacial score (nSPS) is 20.1. The summed E-state index contributed by atoms with van der Waals surface area (Å²) in [4.78, 5) is 4.26.